The SMILES string of the molecule is CC(C)OC(=O)[C@@H](C)/N=[P+](\[O-])Oc1ccccc1OC[C@H]1O[C@@H](n2ccc(=O)[nH]c2=O)[C@](C)(F)[C@@H]1O. The first-order valence-corrected chi connectivity index (χ1v) is 12.2. The van der Waals surface area contributed by atoms with Crippen LogP contribution in [0, 0.1) is 0 Å². The molecule has 2 N–H and O–H groups in total. The molecule has 0 radical (unpaired) electrons. The summed E-state index contributed by atoms with van der Waals surface area (Å²) in [5.74, 6) is -0.538. The van der Waals surface area contributed by atoms with Crippen molar-refractivity contribution >= 4 is 14.1 Å². The van der Waals surface area contributed by atoms with Crippen molar-refractivity contribution in [2.24, 2.45) is 4.74 Å². The van der Waals surface area contributed by atoms with Gasteiger partial charge in [-0.25, -0.2) is 14.0 Å². The average molecular weight is 527 g/mol. The van der Waals surface area contributed by atoms with E-state index in [4.69, 9.17) is 18.7 Å². The third-order valence-corrected chi connectivity index (χ3v) is 6.10. The molecule has 0 spiro atoms. The second-order valence-corrected chi connectivity index (χ2v) is 9.39. The van der Waals surface area contributed by atoms with Gasteiger partial charge in [0, 0.05) is 12.3 Å². The van der Waals surface area contributed by atoms with Gasteiger partial charge in [0.05, 0.1) is 6.10 Å². The molecule has 1 aromatic carbocycles. The fourth-order valence-electron chi connectivity index (χ4n) is 3.41. The molecule has 36 heavy (non-hydrogen) atoms. The first-order valence-electron chi connectivity index (χ1n) is 11.0. The van der Waals surface area contributed by atoms with Crippen molar-refractivity contribution < 1.29 is 37.9 Å². The van der Waals surface area contributed by atoms with Crippen LogP contribution in [0.4, 0.5) is 4.39 Å². The summed E-state index contributed by atoms with van der Waals surface area (Å²) < 4.78 is 41.5. The Bertz CT molecular complexity index is 1230. The molecular weight excluding hydrogens is 500 g/mol. The van der Waals surface area contributed by atoms with E-state index in [0.29, 0.717) is 0 Å². The van der Waals surface area contributed by atoms with Gasteiger partial charge in [0.15, 0.2) is 23.7 Å². The quantitative estimate of drug-likeness (QED) is 0.360. The van der Waals surface area contributed by atoms with Crippen molar-refractivity contribution in [1.29, 1.82) is 0 Å². The smallest absolute Gasteiger partial charge is 0.395 e. The number of alkyl halides is 1. The average Bonchev–Trinajstić information content (AvgIpc) is 3.01. The van der Waals surface area contributed by atoms with Crippen molar-refractivity contribution in [2.45, 2.75) is 63.9 Å². The molecule has 1 unspecified atom stereocenters. The number of carbonyl (C=O) groups is 1. The lowest BCUT2D eigenvalue weighted by Gasteiger charge is -2.24. The highest BCUT2D eigenvalue weighted by atomic mass is 31.1. The number of H-pyrrole nitrogens is 1. The van der Waals surface area contributed by atoms with Gasteiger partial charge in [-0.3, -0.25) is 18.9 Å². The Hall–Kier alpha value is -3.12. The Morgan fingerprint density at radius 2 is 1.97 bits per heavy atom. The van der Waals surface area contributed by atoms with Crippen molar-refractivity contribution in [3.63, 3.8) is 0 Å². The van der Waals surface area contributed by atoms with Gasteiger partial charge in [-0.05, 0) is 39.8 Å². The number of esters is 1. The summed E-state index contributed by atoms with van der Waals surface area (Å²) in [4.78, 5) is 49.6. The highest BCUT2D eigenvalue weighted by molar-refractivity contribution is 7.34. The summed E-state index contributed by atoms with van der Waals surface area (Å²) in [6.07, 6.45) is -3.71. The molecule has 0 amide bonds. The minimum absolute atomic E-state index is 0.0238. The fraction of sp³-hybridized carbons (Fsp3) is 0.500. The van der Waals surface area contributed by atoms with Gasteiger partial charge in [-0.1, -0.05) is 16.9 Å². The number of hydrogen-bond acceptors (Lipinski definition) is 10. The Morgan fingerprint density at radius 3 is 2.61 bits per heavy atom. The second kappa shape index (κ2) is 11.3. The summed E-state index contributed by atoms with van der Waals surface area (Å²) in [6.45, 7) is 5.47. The van der Waals surface area contributed by atoms with Crippen LogP contribution in [-0.2, 0) is 14.3 Å². The molecule has 1 fully saturated rings. The van der Waals surface area contributed by atoms with E-state index >= 15 is 4.39 Å². The number of nitrogens with one attached hydrogen (secondary N) is 1. The molecule has 1 aliphatic heterocycles. The second-order valence-electron chi connectivity index (χ2n) is 8.50. The number of benzene rings is 1. The number of aromatic nitrogens is 2. The number of halogens is 1. The van der Waals surface area contributed by atoms with Gasteiger partial charge >= 0.3 is 19.8 Å². The van der Waals surface area contributed by atoms with Crippen LogP contribution in [0.1, 0.15) is 33.9 Å². The standard InChI is InChI=1S/C22H27FN3O9P/c1-12(2)33-19(29)13(3)25-36(31)35-15-8-6-5-7-14(15)32-11-16-18(28)22(4,23)20(34-16)26-10-9-17(27)24-21(26)30/h5-10,12-13,16,18,20,28H,11H2,1-4H3,(H,24,27,30)/t13-,16-,18-,20-,22-/m1/s1. The van der Waals surface area contributed by atoms with E-state index in [1.54, 1.807) is 26.0 Å². The van der Waals surface area contributed by atoms with Crippen molar-refractivity contribution in [2.75, 3.05) is 6.61 Å². The molecule has 196 valence electrons. The third kappa shape index (κ3) is 6.35. The Labute approximate surface area is 206 Å². The molecule has 0 aliphatic carbocycles. The summed E-state index contributed by atoms with van der Waals surface area (Å²) in [7, 11) is -2.67. The predicted molar refractivity (Wildman–Crippen MR) is 123 cm³/mol. The van der Waals surface area contributed by atoms with Crippen molar-refractivity contribution in [3.05, 3.63) is 57.4 Å². The van der Waals surface area contributed by atoms with E-state index in [2.05, 4.69) is 4.74 Å². The Kier molecular flexibility index (Phi) is 8.62. The highest BCUT2D eigenvalue weighted by Crippen LogP contribution is 2.41. The molecule has 2 aromatic rings. The molecule has 6 atom stereocenters. The van der Waals surface area contributed by atoms with Crippen molar-refractivity contribution in [1.82, 2.24) is 9.55 Å². The summed E-state index contributed by atoms with van der Waals surface area (Å²) in [5.41, 5.74) is -3.96. The predicted octanol–water partition coefficient (Wildman–Crippen LogP) is 1.18. The first-order chi connectivity index (χ1) is 16.9. The Balaban J connectivity index is 1.71. The number of aromatic amines is 1. The largest absolute Gasteiger partial charge is 0.575 e. The molecule has 12 nitrogen and oxygen atoms in total. The molecule has 1 aliphatic rings. The fourth-order valence-corrected chi connectivity index (χ4v) is 4.15. The number of aliphatic hydroxyl groups excluding tert-OH is 1. The lowest BCUT2D eigenvalue weighted by molar-refractivity contribution is -0.170. The van der Waals surface area contributed by atoms with E-state index in [-0.39, 0.29) is 24.2 Å². The van der Waals surface area contributed by atoms with Crippen LogP contribution >= 0.6 is 8.17 Å². The normalized spacial score (nSPS) is 25.0. The molecule has 1 saturated heterocycles. The summed E-state index contributed by atoms with van der Waals surface area (Å²) >= 11 is 0. The lowest BCUT2D eigenvalue weighted by atomic mass is 9.98. The number of nitrogens with zero attached hydrogens (tertiary/aromatic N) is 2. The Morgan fingerprint density at radius 1 is 1.31 bits per heavy atom. The van der Waals surface area contributed by atoms with Crippen LogP contribution in [-0.4, -0.2) is 57.3 Å². The van der Waals surface area contributed by atoms with Gasteiger partial charge in [0.25, 0.3) is 5.56 Å². The number of hydrogen-bond donors (Lipinski definition) is 2. The van der Waals surface area contributed by atoms with Crippen molar-refractivity contribution in [3.8, 4) is 11.5 Å². The molecule has 1 aromatic heterocycles. The summed E-state index contributed by atoms with van der Waals surface area (Å²) in [6, 6.07) is 6.11. The zero-order valence-electron chi connectivity index (χ0n) is 20.0. The topological polar surface area (TPSA) is 164 Å². The zero-order valence-corrected chi connectivity index (χ0v) is 20.9. The van der Waals surface area contributed by atoms with Crippen LogP contribution < -0.4 is 25.4 Å². The van der Waals surface area contributed by atoms with Gasteiger partial charge in [-0.2, -0.15) is 0 Å². The van der Waals surface area contributed by atoms with E-state index < -0.39 is 55.5 Å². The molecule has 3 rings (SSSR count). The minimum atomic E-state index is -2.67. The van der Waals surface area contributed by atoms with Gasteiger partial charge in [0.1, 0.15) is 18.8 Å². The maximum Gasteiger partial charge on any atom is 0.395 e. The van der Waals surface area contributed by atoms with E-state index in [9.17, 15) is 24.4 Å². The van der Waals surface area contributed by atoms with Crippen LogP contribution in [0.5, 0.6) is 11.5 Å². The van der Waals surface area contributed by atoms with Gasteiger partial charge in [-0.15, -0.1) is 0 Å². The minimum Gasteiger partial charge on any atom is -0.575 e. The number of carbonyl (C=O) groups excluding carboxylic acids is 1. The number of rotatable bonds is 9. The molecule has 14 heteroatoms. The van der Waals surface area contributed by atoms with Crippen LogP contribution in [0.3, 0.4) is 0 Å². The lowest BCUT2D eigenvalue weighted by Crippen LogP contribution is -2.43. The summed E-state index contributed by atoms with van der Waals surface area (Å²) in [5, 5.41) is 10.5. The van der Waals surface area contributed by atoms with E-state index in [0.717, 1.165) is 23.8 Å². The maximum absolute atomic E-state index is 15.3. The van der Waals surface area contributed by atoms with Gasteiger partial charge in [0.2, 0.25) is 5.75 Å². The molecule has 0 bridgehead atoms. The number of para-hydroxylation sites is 2. The van der Waals surface area contributed by atoms with E-state index in [1.807, 2.05) is 4.98 Å². The first kappa shape index (κ1) is 27.5. The van der Waals surface area contributed by atoms with E-state index in [1.165, 1.54) is 19.1 Å². The number of aliphatic hydroxyl groups is 1. The zero-order chi connectivity index (χ0) is 26.6. The maximum atomic E-state index is 15.3. The van der Waals surface area contributed by atoms with Crippen LogP contribution in [0.25, 0.3) is 0 Å². The van der Waals surface area contributed by atoms with Crippen LogP contribution in [0.15, 0.2) is 50.9 Å². The molecule has 0 saturated carbocycles. The van der Waals surface area contributed by atoms with Gasteiger partial charge < -0.3 is 24.2 Å². The van der Waals surface area contributed by atoms with Crippen LogP contribution in [0.2, 0.25) is 0 Å². The number of ether oxygens (including phenoxy) is 3. The molecule has 2 heterocycles. The monoisotopic (exact) mass is 527 g/mol. The molecular formula is C22H27FN3O9P. The highest BCUT2D eigenvalue weighted by Gasteiger charge is 2.55. The third-order valence-electron chi connectivity index (χ3n) is 5.21.